The summed E-state index contributed by atoms with van der Waals surface area (Å²) in [5.74, 6) is 1.49. The SMILES string of the molecule is CCc1cccc(CC)c1-c1cc(OC(C)C)c(COc2cc(C)c(C)cc2Cl)c(C)n1. The van der Waals surface area contributed by atoms with Gasteiger partial charge >= 0.3 is 0 Å². The first-order valence-corrected chi connectivity index (χ1v) is 11.8. The van der Waals surface area contributed by atoms with Gasteiger partial charge in [-0.1, -0.05) is 43.6 Å². The molecule has 170 valence electrons. The summed E-state index contributed by atoms with van der Waals surface area (Å²) >= 11 is 6.43. The summed E-state index contributed by atoms with van der Waals surface area (Å²) in [7, 11) is 0. The lowest BCUT2D eigenvalue weighted by Crippen LogP contribution is -2.11. The smallest absolute Gasteiger partial charge is 0.138 e. The quantitative estimate of drug-likeness (QED) is 0.349. The van der Waals surface area contributed by atoms with E-state index in [2.05, 4.69) is 45.0 Å². The molecule has 0 aliphatic rings. The lowest BCUT2D eigenvalue weighted by molar-refractivity contribution is 0.229. The minimum atomic E-state index is 0.0423. The van der Waals surface area contributed by atoms with Crippen LogP contribution in [0.25, 0.3) is 11.3 Å². The number of halogens is 1. The van der Waals surface area contributed by atoms with Crippen LogP contribution in [0.2, 0.25) is 5.02 Å². The Morgan fingerprint density at radius 1 is 0.906 bits per heavy atom. The number of benzene rings is 2. The fourth-order valence-corrected chi connectivity index (χ4v) is 4.19. The average molecular weight is 452 g/mol. The Hall–Kier alpha value is -2.52. The summed E-state index contributed by atoms with van der Waals surface area (Å²) in [4.78, 5) is 5.00. The van der Waals surface area contributed by atoms with E-state index in [4.69, 9.17) is 26.1 Å². The zero-order valence-corrected chi connectivity index (χ0v) is 21.1. The molecule has 1 heterocycles. The number of ether oxygens (including phenoxy) is 2. The molecule has 0 spiro atoms. The van der Waals surface area contributed by atoms with Crippen LogP contribution in [0.4, 0.5) is 0 Å². The molecule has 0 radical (unpaired) electrons. The number of hydrogen-bond donors (Lipinski definition) is 0. The first kappa shape index (κ1) is 24.1. The van der Waals surface area contributed by atoms with Gasteiger partial charge in [-0.25, -0.2) is 0 Å². The van der Waals surface area contributed by atoms with Crippen molar-refractivity contribution in [3.8, 4) is 22.8 Å². The van der Waals surface area contributed by atoms with Crippen molar-refractivity contribution in [3.05, 3.63) is 74.9 Å². The highest BCUT2D eigenvalue weighted by Crippen LogP contribution is 2.35. The number of aryl methyl sites for hydroxylation is 5. The Labute approximate surface area is 197 Å². The lowest BCUT2D eigenvalue weighted by atomic mass is 9.94. The molecule has 0 aliphatic heterocycles. The Morgan fingerprint density at radius 2 is 1.53 bits per heavy atom. The van der Waals surface area contributed by atoms with Gasteiger partial charge in [-0.3, -0.25) is 4.98 Å². The molecular formula is C28H34ClNO2. The highest BCUT2D eigenvalue weighted by Gasteiger charge is 2.18. The molecule has 0 atom stereocenters. The van der Waals surface area contributed by atoms with Gasteiger partial charge in [0, 0.05) is 17.3 Å². The molecule has 0 saturated heterocycles. The van der Waals surface area contributed by atoms with Crippen LogP contribution in [0.5, 0.6) is 11.5 Å². The van der Waals surface area contributed by atoms with Crippen LogP contribution in [0.1, 0.15) is 61.2 Å². The molecule has 32 heavy (non-hydrogen) atoms. The summed E-state index contributed by atoms with van der Waals surface area (Å²) in [6.07, 6.45) is 1.96. The molecule has 0 unspecified atom stereocenters. The Balaban J connectivity index is 2.05. The second-order valence-electron chi connectivity index (χ2n) is 8.55. The monoisotopic (exact) mass is 451 g/mol. The summed E-state index contributed by atoms with van der Waals surface area (Å²) in [5, 5.41) is 0.617. The van der Waals surface area contributed by atoms with Gasteiger partial charge in [0.1, 0.15) is 18.1 Å². The third-order valence-electron chi connectivity index (χ3n) is 5.83. The van der Waals surface area contributed by atoms with Gasteiger partial charge in [-0.15, -0.1) is 0 Å². The number of rotatable bonds is 8. The van der Waals surface area contributed by atoms with Crippen molar-refractivity contribution in [2.75, 3.05) is 0 Å². The summed E-state index contributed by atoms with van der Waals surface area (Å²) in [6.45, 7) is 14.9. The summed E-state index contributed by atoms with van der Waals surface area (Å²) in [6, 6.07) is 12.5. The van der Waals surface area contributed by atoms with Gasteiger partial charge in [-0.2, -0.15) is 0 Å². The molecule has 1 aromatic heterocycles. The molecule has 3 nitrogen and oxygen atoms in total. The second kappa shape index (κ2) is 10.4. The number of aromatic nitrogens is 1. The van der Waals surface area contributed by atoms with Gasteiger partial charge in [0.2, 0.25) is 0 Å². The fraction of sp³-hybridized carbons (Fsp3) is 0.393. The molecule has 0 saturated carbocycles. The fourth-order valence-electron chi connectivity index (χ4n) is 3.92. The van der Waals surface area contributed by atoms with E-state index >= 15 is 0 Å². The number of hydrogen-bond acceptors (Lipinski definition) is 3. The Kier molecular flexibility index (Phi) is 7.84. The molecule has 0 amide bonds. The highest BCUT2D eigenvalue weighted by molar-refractivity contribution is 6.32. The molecule has 4 heteroatoms. The van der Waals surface area contributed by atoms with E-state index in [0.29, 0.717) is 17.4 Å². The largest absolute Gasteiger partial charge is 0.490 e. The van der Waals surface area contributed by atoms with E-state index in [0.717, 1.165) is 46.7 Å². The van der Waals surface area contributed by atoms with Crippen LogP contribution >= 0.6 is 11.6 Å². The third-order valence-corrected chi connectivity index (χ3v) is 6.12. The van der Waals surface area contributed by atoms with Crippen molar-refractivity contribution < 1.29 is 9.47 Å². The zero-order chi connectivity index (χ0) is 23.4. The van der Waals surface area contributed by atoms with Crippen molar-refractivity contribution >= 4 is 11.6 Å². The van der Waals surface area contributed by atoms with E-state index < -0.39 is 0 Å². The van der Waals surface area contributed by atoms with E-state index in [9.17, 15) is 0 Å². The molecule has 0 N–H and O–H groups in total. The van der Waals surface area contributed by atoms with Crippen molar-refractivity contribution in [1.82, 2.24) is 4.98 Å². The van der Waals surface area contributed by atoms with Crippen LogP contribution < -0.4 is 9.47 Å². The minimum absolute atomic E-state index is 0.0423. The second-order valence-corrected chi connectivity index (χ2v) is 8.96. The molecule has 0 bridgehead atoms. The van der Waals surface area contributed by atoms with Crippen molar-refractivity contribution in [1.29, 1.82) is 0 Å². The maximum Gasteiger partial charge on any atom is 0.138 e. The summed E-state index contributed by atoms with van der Waals surface area (Å²) in [5.41, 5.74) is 8.94. The standard InChI is InChI=1S/C28H34ClNO2/c1-8-21-11-10-12-22(9-2)28(21)25-15-26(32-17(3)4)23(20(7)30-25)16-31-27-14-19(6)18(5)13-24(27)29/h10-15,17H,8-9,16H2,1-7H3. The maximum atomic E-state index is 6.43. The van der Waals surface area contributed by atoms with Gasteiger partial charge in [0.05, 0.1) is 22.4 Å². The maximum absolute atomic E-state index is 6.43. The molecule has 3 aromatic rings. The first-order chi connectivity index (χ1) is 15.2. The Morgan fingerprint density at radius 3 is 2.12 bits per heavy atom. The van der Waals surface area contributed by atoms with Gasteiger partial charge in [-0.05, 0) is 81.8 Å². The van der Waals surface area contributed by atoms with Crippen molar-refractivity contribution in [2.45, 2.75) is 74.0 Å². The average Bonchev–Trinajstić information content (AvgIpc) is 2.75. The van der Waals surface area contributed by atoms with Crippen molar-refractivity contribution in [3.63, 3.8) is 0 Å². The van der Waals surface area contributed by atoms with Crippen LogP contribution in [0.3, 0.4) is 0 Å². The topological polar surface area (TPSA) is 31.4 Å². The predicted octanol–water partition coefficient (Wildman–Crippen LogP) is 7.82. The van der Waals surface area contributed by atoms with Crippen LogP contribution in [0, 0.1) is 20.8 Å². The van der Waals surface area contributed by atoms with E-state index in [1.807, 2.05) is 39.8 Å². The van der Waals surface area contributed by atoms with Crippen LogP contribution in [-0.2, 0) is 19.4 Å². The Bertz CT molecular complexity index is 1080. The lowest BCUT2D eigenvalue weighted by Gasteiger charge is -2.20. The first-order valence-electron chi connectivity index (χ1n) is 11.4. The van der Waals surface area contributed by atoms with Gasteiger partial charge in [0.25, 0.3) is 0 Å². The van der Waals surface area contributed by atoms with Crippen molar-refractivity contribution in [2.24, 2.45) is 0 Å². The predicted molar refractivity (Wildman–Crippen MR) is 134 cm³/mol. The van der Waals surface area contributed by atoms with E-state index in [1.165, 1.54) is 16.7 Å². The summed E-state index contributed by atoms with van der Waals surface area (Å²) < 4.78 is 12.4. The van der Waals surface area contributed by atoms with Gasteiger partial charge in [0.15, 0.2) is 0 Å². The van der Waals surface area contributed by atoms with Crippen LogP contribution in [-0.4, -0.2) is 11.1 Å². The molecule has 3 rings (SSSR count). The molecular weight excluding hydrogens is 418 g/mol. The normalized spacial score (nSPS) is 11.2. The zero-order valence-electron chi connectivity index (χ0n) is 20.3. The van der Waals surface area contributed by atoms with Gasteiger partial charge < -0.3 is 9.47 Å². The highest BCUT2D eigenvalue weighted by atomic mass is 35.5. The van der Waals surface area contributed by atoms with E-state index in [1.54, 1.807) is 0 Å². The van der Waals surface area contributed by atoms with Crippen LogP contribution in [0.15, 0.2) is 36.4 Å². The molecule has 0 fully saturated rings. The third kappa shape index (κ3) is 5.27. The molecule has 0 aliphatic carbocycles. The number of nitrogens with zero attached hydrogens (tertiary/aromatic N) is 1. The number of pyridine rings is 1. The molecule has 2 aromatic carbocycles. The van der Waals surface area contributed by atoms with E-state index in [-0.39, 0.29) is 6.10 Å². The minimum Gasteiger partial charge on any atom is -0.490 e.